The lowest BCUT2D eigenvalue weighted by Crippen LogP contribution is -2.34. The molecule has 0 bridgehead atoms. The topological polar surface area (TPSA) is 29.3 Å². The van der Waals surface area contributed by atoms with E-state index in [1.54, 1.807) is 0 Å². The van der Waals surface area contributed by atoms with Gasteiger partial charge in [0.2, 0.25) is 0 Å². The second-order valence-electron chi connectivity index (χ2n) is 7.24. The van der Waals surface area contributed by atoms with Crippen LogP contribution in [0.3, 0.4) is 0 Å². The first-order valence-corrected chi connectivity index (χ1v) is 6.84. The van der Waals surface area contributed by atoms with E-state index in [4.69, 9.17) is 5.73 Å². The molecule has 2 N–H and O–H groups in total. The molecule has 1 heterocycles. The molecule has 0 aromatic carbocycles. The Balaban J connectivity index is 1.83. The summed E-state index contributed by atoms with van der Waals surface area (Å²) in [7, 11) is 0. The van der Waals surface area contributed by atoms with Gasteiger partial charge in [0.25, 0.3) is 0 Å². The summed E-state index contributed by atoms with van der Waals surface area (Å²) >= 11 is 0. The van der Waals surface area contributed by atoms with Crippen molar-refractivity contribution in [3.63, 3.8) is 0 Å². The van der Waals surface area contributed by atoms with Gasteiger partial charge in [-0.25, -0.2) is 0 Å². The van der Waals surface area contributed by atoms with Gasteiger partial charge in [-0.2, -0.15) is 0 Å². The molecule has 2 heteroatoms. The first kappa shape index (κ1) is 12.4. The third-order valence-electron chi connectivity index (χ3n) is 4.87. The van der Waals surface area contributed by atoms with Crippen LogP contribution in [0.2, 0.25) is 0 Å². The zero-order valence-electron chi connectivity index (χ0n) is 11.4. The summed E-state index contributed by atoms with van der Waals surface area (Å²) in [5, 5.41) is 0. The number of rotatable bonds is 2. The number of hydrogen-bond acceptors (Lipinski definition) is 2. The van der Waals surface area contributed by atoms with E-state index < -0.39 is 0 Å². The minimum absolute atomic E-state index is 0.439. The molecule has 1 saturated carbocycles. The summed E-state index contributed by atoms with van der Waals surface area (Å²) in [6.07, 6.45) is 2.54. The lowest BCUT2D eigenvalue weighted by atomic mass is 9.82. The molecule has 1 aliphatic heterocycles. The number of hydrogen-bond donors (Lipinski definition) is 1. The van der Waals surface area contributed by atoms with Crippen LogP contribution in [0.5, 0.6) is 0 Å². The van der Waals surface area contributed by atoms with Crippen LogP contribution in [0.25, 0.3) is 0 Å². The molecule has 0 aromatic heterocycles. The quantitative estimate of drug-likeness (QED) is 0.780. The van der Waals surface area contributed by atoms with Crippen molar-refractivity contribution in [2.45, 2.75) is 46.6 Å². The fourth-order valence-electron chi connectivity index (χ4n) is 3.25. The molecule has 0 spiro atoms. The molecule has 1 aliphatic carbocycles. The van der Waals surface area contributed by atoms with Gasteiger partial charge >= 0.3 is 0 Å². The summed E-state index contributed by atoms with van der Waals surface area (Å²) in [6, 6.07) is 0.497. The molecule has 2 rings (SSSR count). The van der Waals surface area contributed by atoms with Crippen LogP contribution >= 0.6 is 0 Å². The maximum absolute atomic E-state index is 6.02. The molecule has 2 aliphatic rings. The smallest absolute Gasteiger partial charge is 0.00452 e. The predicted octanol–water partition coefficient (Wildman–Crippen LogP) is 2.34. The van der Waals surface area contributed by atoms with Gasteiger partial charge in [0.15, 0.2) is 0 Å². The SMILES string of the molecule is CC(CN1C[C@H]2C[C@H](N)C[C@H]2C1)C(C)(C)C. The summed E-state index contributed by atoms with van der Waals surface area (Å²) in [5.41, 5.74) is 6.46. The van der Waals surface area contributed by atoms with Crippen LogP contribution in [0.4, 0.5) is 0 Å². The number of fused-ring (bicyclic) bond motifs is 1. The highest BCUT2D eigenvalue weighted by atomic mass is 15.2. The van der Waals surface area contributed by atoms with Gasteiger partial charge in [-0.05, 0) is 36.0 Å². The van der Waals surface area contributed by atoms with Gasteiger partial charge in [0.1, 0.15) is 0 Å². The maximum atomic E-state index is 6.02. The number of likely N-dealkylation sites (tertiary alicyclic amines) is 1. The van der Waals surface area contributed by atoms with Crippen LogP contribution in [-0.2, 0) is 0 Å². The van der Waals surface area contributed by atoms with Crippen LogP contribution < -0.4 is 5.73 Å². The van der Waals surface area contributed by atoms with Gasteiger partial charge in [-0.15, -0.1) is 0 Å². The van der Waals surface area contributed by atoms with Crippen molar-refractivity contribution >= 4 is 0 Å². The average molecular weight is 224 g/mol. The zero-order valence-corrected chi connectivity index (χ0v) is 11.4. The number of nitrogens with zero attached hydrogens (tertiary/aromatic N) is 1. The number of nitrogens with two attached hydrogens (primary N) is 1. The van der Waals surface area contributed by atoms with E-state index in [9.17, 15) is 0 Å². The summed E-state index contributed by atoms with van der Waals surface area (Å²) in [5.74, 6) is 2.59. The van der Waals surface area contributed by atoms with E-state index in [1.165, 1.54) is 32.5 Å². The fraction of sp³-hybridized carbons (Fsp3) is 1.00. The highest BCUT2D eigenvalue weighted by Gasteiger charge is 2.40. The van der Waals surface area contributed by atoms with E-state index in [0.29, 0.717) is 11.5 Å². The Morgan fingerprint density at radius 2 is 1.69 bits per heavy atom. The molecule has 4 atom stereocenters. The van der Waals surface area contributed by atoms with E-state index in [1.807, 2.05) is 0 Å². The van der Waals surface area contributed by atoms with Crippen molar-refractivity contribution in [2.24, 2.45) is 28.9 Å². The third-order valence-corrected chi connectivity index (χ3v) is 4.87. The predicted molar refractivity (Wildman–Crippen MR) is 69.2 cm³/mol. The molecule has 0 aromatic rings. The standard InChI is InChI=1S/C14H28N2/c1-10(14(2,3)4)7-16-8-11-5-13(15)6-12(11)9-16/h10-13H,5-9,15H2,1-4H3/t10?,11-,12+,13+. The average Bonchev–Trinajstić information content (AvgIpc) is 2.58. The van der Waals surface area contributed by atoms with E-state index in [2.05, 4.69) is 32.6 Å². The van der Waals surface area contributed by atoms with Crippen LogP contribution in [0, 0.1) is 23.2 Å². The Hall–Kier alpha value is -0.0800. The second-order valence-corrected chi connectivity index (χ2v) is 7.24. The molecule has 0 radical (unpaired) electrons. The second kappa shape index (κ2) is 4.30. The van der Waals surface area contributed by atoms with Crippen molar-refractivity contribution in [3.05, 3.63) is 0 Å². The zero-order chi connectivity index (χ0) is 11.9. The van der Waals surface area contributed by atoms with Crippen molar-refractivity contribution in [1.82, 2.24) is 4.90 Å². The van der Waals surface area contributed by atoms with Crippen molar-refractivity contribution < 1.29 is 0 Å². The van der Waals surface area contributed by atoms with E-state index >= 15 is 0 Å². The summed E-state index contributed by atoms with van der Waals surface area (Å²) in [4.78, 5) is 2.68. The van der Waals surface area contributed by atoms with Crippen molar-refractivity contribution in [1.29, 1.82) is 0 Å². The van der Waals surface area contributed by atoms with E-state index in [-0.39, 0.29) is 0 Å². The highest BCUT2D eigenvalue weighted by Crippen LogP contribution is 2.38. The van der Waals surface area contributed by atoms with Gasteiger partial charge in [0.05, 0.1) is 0 Å². The fourth-order valence-corrected chi connectivity index (χ4v) is 3.25. The highest BCUT2D eigenvalue weighted by molar-refractivity contribution is 4.94. The van der Waals surface area contributed by atoms with Gasteiger partial charge in [0, 0.05) is 25.7 Å². The molecule has 94 valence electrons. The molecular weight excluding hydrogens is 196 g/mol. The Labute approximate surface area is 101 Å². The third kappa shape index (κ3) is 2.60. The lowest BCUT2D eigenvalue weighted by Gasteiger charge is -2.31. The lowest BCUT2D eigenvalue weighted by molar-refractivity contribution is 0.174. The monoisotopic (exact) mass is 224 g/mol. The molecule has 2 nitrogen and oxygen atoms in total. The van der Waals surface area contributed by atoms with Gasteiger partial charge in [-0.1, -0.05) is 27.7 Å². The molecule has 0 amide bonds. The Bertz CT molecular complexity index is 230. The van der Waals surface area contributed by atoms with Crippen LogP contribution in [-0.4, -0.2) is 30.6 Å². The van der Waals surface area contributed by atoms with Crippen molar-refractivity contribution in [2.75, 3.05) is 19.6 Å². The van der Waals surface area contributed by atoms with E-state index in [0.717, 1.165) is 17.8 Å². The molecule has 16 heavy (non-hydrogen) atoms. The van der Waals surface area contributed by atoms with Gasteiger partial charge in [-0.3, -0.25) is 0 Å². The molecular formula is C14H28N2. The van der Waals surface area contributed by atoms with Crippen LogP contribution in [0.15, 0.2) is 0 Å². The molecule has 1 unspecified atom stereocenters. The first-order valence-electron chi connectivity index (χ1n) is 6.84. The maximum Gasteiger partial charge on any atom is 0.00452 e. The Kier molecular flexibility index (Phi) is 3.33. The molecule has 2 fully saturated rings. The Morgan fingerprint density at radius 3 is 2.12 bits per heavy atom. The normalized spacial score (nSPS) is 37.7. The Morgan fingerprint density at radius 1 is 1.19 bits per heavy atom. The largest absolute Gasteiger partial charge is 0.328 e. The summed E-state index contributed by atoms with van der Waals surface area (Å²) < 4.78 is 0. The minimum atomic E-state index is 0.439. The summed E-state index contributed by atoms with van der Waals surface area (Å²) in [6.45, 7) is 13.3. The first-order chi connectivity index (χ1) is 7.36. The van der Waals surface area contributed by atoms with Crippen molar-refractivity contribution in [3.8, 4) is 0 Å². The minimum Gasteiger partial charge on any atom is -0.328 e. The van der Waals surface area contributed by atoms with Gasteiger partial charge < -0.3 is 10.6 Å². The van der Waals surface area contributed by atoms with Crippen LogP contribution in [0.1, 0.15) is 40.5 Å². The molecule has 1 saturated heterocycles.